The van der Waals surface area contributed by atoms with Gasteiger partial charge in [-0.05, 0) is 30.7 Å². The lowest BCUT2D eigenvalue weighted by molar-refractivity contribution is -0.143. The summed E-state index contributed by atoms with van der Waals surface area (Å²) in [5, 5.41) is 12.2. The molecule has 0 aliphatic carbocycles. The molecule has 1 aliphatic heterocycles. The first kappa shape index (κ1) is 17.3. The second-order valence-corrected chi connectivity index (χ2v) is 6.64. The molecule has 0 spiro atoms. The molecule has 1 aromatic rings. The van der Waals surface area contributed by atoms with Gasteiger partial charge in [-0.25, -0.2) is 4.79 Å². The van der Waals surface area contributed by atoms with Gasteiger partial charge in [0.2, 0.25) is 0 Å². The van der Waals surface area contributed by atoms with E-state index >= 15 is 0 Å². The Bertz CT molecular complexity index is 522. The number of carbonyl (C=O) groups excluding carboxylic acids is 1. The van der Waals surface area contributed by atoms with Crippen molar-refractivity contribution < 1.29 is 14.7 Å². The zero-order chi connectivity index (χ0) is 16.8. The molecule has 0 bridgehead atoms. The quantitative estimate of drug-likeness (QED) is 0.875. The molecule has 5 nitrogen and oxygen atoms in total. The number of hydrogen-bond acceptors (Lipinski definition) is 2. The van der Waals surface area contributed by atoms with Crippen molar-refractivity contribution in [2.45, 2.75) is 39.2 Å². The maximum absolute atomic E-state index is 12.5. The highest BCUT2D eigenvalue weighted by Crippen LogP contribution is 2.23. The minimum Gasteiger partial charge on any atom is -0.481 e. The summed E-state index contributed by atoms with van der Waals surface area (Å²) in [4.78, 5) is 25.2. The van der Waals surface area contributed by atoms with Crippen LogP contribution in [0.4, 0.5) is 4.79 Å². The van der Waals surface area contributed by atoms with Gasteiger partial charge in [0, 0.05) is 13.1 Å². The van der Waals surface area contributed by atoms with Crippen molar-refractivity contribution >= 4 is 12.0 Å². The second kappa shape index (κ2) is 7.99. The summed E-state index contributed by atoms with van der Waals surface area (Å²) in [6.07, 6.45) is 1.94. The van der Waals surface area contributed by atoms with E-state index < -0.39 is 5.97 Å². The third-order valence-electron chi connectivity index (χ3n) is 4.34. The van der Waals surface area contributed by atoms with Crippen LogP contribution >= 0.6 is 0 Å². The predicted octanol–water partition coefficient (Wildman–Crippen LogP) is 3.28. The van der Waals surface area contributed by atoms with E-state index in [9.17, 15) is 9.59 Å². The number of carbonyl (C=O) groups is 2. The van der Waals surface area contributed by atoms with Crippen LogP contribution in [-0.4, -0.2) is 35.1 Å². The SMILES string of the molecule is CC(C)CC(NC(=O)N1CCC(C(=O)O)CC1)c1ccccc1. The topological polar surface area (TPSA) is 69.6 Å². The molecule has 1 saturated heterocycles. The lowest BCUT2D eigenvalue weighted by atomic mass is 9.96. The third-order valence-corrected chi connectivity index (χ3v) is 4.34. The van der Waals surface area contributed by atoms with Crippen LogP contribution in [0, 0.1) is 11.8 Å². The van der Waals surface area contributed by atoms with Crippen LogP contribution in [0.25, 0.3) is 0 Å². The molecular weight excluding hydrogens is 292 g/mol. The summed E-state index contributed by atoms with van der Waals surface area (Å²) >= 11 is 0. The van der Waals surface area contributed by atoms with Crippen LogP contribution in [0.3, 0.4) is 0 Å². The Morgan fingerprint density at radius 2 is 1.83 bits per heavy atom. The van der Waals surface area contributed by atoms with Gasteiger partial charge in [0.05, 0.1) is 12.0 Å². The Morgan fingerprint density at radius 3 is 2.35 bits per heavy atom. The number of rotatable bonds is 5. The molecule has 0 saturated carbocycles. The molecule has 1 heterocycles. The molecular formula is C18H26N2O3. The fourth-order valence-corrected chi connectivity index (χ4v) is 3.00. The Morgan fingerprint density at radius 1 is 1.22 bits per heavy atom. The molecule has 0 aromatic heterocycles. The second-order valence-electron chi connectivity index (χ2n) is 6.64. The number of carboxylic acid groups (broad SMARTS) is 1. The van der Waals surface area contributed by atoms with Gasteiger partial charge in [-0.2, -0.15) is 0 Å². The number of piperidine rings is 1. The molecule has 1 fully saturated rings. The van der Waals surface area contributed by atoms with Crippen molar-refractivity contribution in [2.75, 3.05) is 13.1 Å². The zero-order valence-electron chi connectivity index (χ0n) is 13.9. The van der Waals surface area contributed by atoms with Crippen LogP contribution in [0.15, 0.2) is 30.3 Å². The van der Waals surface area contributed by atoms with Crippen molar-refractivity contribution in [3.05, 3.63) is 35.9 Å². The first-order chi connectivity index (χ1) is 11.0. The van der Waals surface area contributed by atoms with E-state index in [0.29, 0.717) is 31.8 Å². The van der Waals surface area contributed by atoms with Gasteiger partial charge in [0.15, 0.2) is 0 Å². The van der Waals surface area contributed by atoms with Crippen LogP contribution in [0.2, 0.25) is 0 Å². The van der Waals surface area contributed by atoms with E-state index in [-0.39, 0.29) is 18.0 Å². The van der Waals surface area contributed by atoms with Gasteiger partial charge < -0.3 is 15.3 Å². The molecule has 2 amide bonds. The fourth-order valence-electron chi connectivity index (χ4n) is 3.00. The lowest BCUT2D eigenvalue weighted by Crippen LogP contribution is -2.46. The maximum atomic E-state index is 12.5. The summed E-state index contributed by atoms with van der Waals surface area (Å²) in [5.74, 6) is -0.607. The Hall–Kier alpha value is -2.04. The Kier molecular flexibility index (Phi) is 6.02. The van der Waals surface area contributed by atoms with E-state index in [1.807, 2.05) is 30.3 Å². The summed E-state index contributed by atoms with van der Waals surface area (Å²) in [6, 6.07) is 9.88. The number of benzene rings is 1. The molecule has 1 unspecified atom stereocenters. The largest absolute Gasteiger partial charge is 0.481 e. The number of nitrogens with one attached hydrogen (secondary N) is 1. The van der Waals surface area contributed by atoms with Gasteiger partial charge >= 0.3 is 12.0 Å². The number of urea groups is 1. The van der Waals surface area contributed by atoms with E-state index in [4.69, 9.17) is 5.11 Å². The monoisotopic (exact) mass is 318 g/mol. The van der Waals surface area contributed by atoms with Crippen molar-refractivity contribution in [1.82, 2.24) is 10.2 Å². The first-order valence-corrected chi connectivity index (χ1v) is 8.30. The summed E-state index contributed by atoms with van der Waals surface area (Å²) < 4.78 is 0. The molecule has 1 atom stereocenters. The van der Waals surface area contributed by atoms with Crippen molar-refractivity contribution in [1.29, 1.82) is 0 Å². The Labute approximate surface area is 137 Å². The summed E-state index contributed by atoms with van der Waals surface area (Å²) in [5.41, 5.74) is 1.11. The number of carboxylic acids is 1. The predicted molar refractivity (Wildman–Crippen MR) is 89.1 cm³/mol. The van der Waals surface area contributed by atoms with Crippen molar-refractivity contribution in [2.24, 2.45) is 11.8 Å². The van der Waals surface area contributed by atoms with Gasteiger partial charge in [-0.3, -0.25) is 4.79 Å². The smallest absolute Gasteiger partial charge is 0.317 e. The zero-order valence-corrected chi connectivity index (χ0v) is 13.9. The number of likely N-dealkylation sites (tertiary alicyclic amines) is 1. The number of hydrogen-bond donors (Lipinski definition) is 2. The average molecular weight is 318 g/mol. The van der Waals surface area contributed by atoms with E-state index in [0.717, 1.165) is 12.0 Å². The Balaban J connectivity index is 1.97. The molecule has 23 heavy (non-hydrogen) atoms. The standard InChI is InChI=1S/C18H26N2O3/c1-13(2)12-16(14-6-4-3-5-7-14)19-18(23)20-10-8-15(9-11-20)17(21)22/h3-7,13,15-16H,8-12H2,1-2H3,(H,19,23)(H,21,22). The van der Waals surface area contributed by atoms with Gasteiger partial charge in [-0.1, -0.05) is 44.2 Å². The summed E-state index contributed by atoms with van der Waals surface area (Å²) in [6.45, 7) is 5.29. The van der Waals surface area contributed by atoms with Gasteiger partial charge in [0.25, 0.3) is 0 Å². The molecule has 126 valence electrons. The lowest BCUT2D eigenvalue weighted by Gasteiger charge is -2.32. The van der Waals surface area contributed by atoms with Crippen molar-refractivity contribution in [3.8, 4) is 0 Å². The van der Waals surface area contributed by atoms with E-state index in [1.54, 1.807) is 4.90 Å². The fraction of sp³-hybridized carbons (Fsp3) is 0.556. The summed E-state index contributed by atoms with van der Waals surface area (Å²) in [7, 11) is 0. The minimum absolute atomic E-state index is 0.0131. The van der Waals surface area contributed by atoms with Crippen LogP contribution in [-0.2, 0) is 4.79 Å². The molecule has 1 aliphatic rings. The van der Waals surface area contributed by atoms with Crippen LogP contribution in [0.1, 0.15) is 44.7 Å². The highest BCUT2D eigenvalue weighted by atomic mass is 16.4. The maximum Gasteiger partial charge on any atom is 0.317 e. The average Bonchev–Trinajstić information content (AvgIpc) is 2.54. The van der Waals surface area contributed by atoms with Gasteiger partial charge in [-0.15, -0.1) is 0 Å². The minimum atomic E-state index is -0.757. The normalized spacial score (nSPS) is 17.1. The number of nitrogens with zero attached hydrogens (tertiary/aromatic N) is 1. The van der Waals surface area contributed by atoms with Crippen LogP contribution < -0.4 is 5.32 Å². The van der Waals surface area contributed by atoms with E-state index in [2.05, 4.69) is 19.2 Å². The molecule has 5 heteroatoms. The van der Waals surface area contributed by atoms with E-state index in [1.165, 1.54) is 0 Å². The molecule has 0 radical (unpaired) electrons. The first-order valence-electron chi connectivity index (χ1n) is 8.30. The molecule has 1 aromatic carbocycles. The highest BCUT2D eigenvalue weighted by Gasteiger charge is 2.28. The van der Waals surface area contributed by atoms with Crippen LogP contribution in [0.5, 0.6) is 0 Å². The molecule has 2 N–H and O–H groups in total. The molecule has 2 rings (SSSR count). The van der Waals surface area contributed by atoms with Crippen molar-refractivity contribution in [3.63, 3.8) is 0 Å². The number of aliphatic carboxylic acids is 1. The highest BCUT2D eigenvalue weighted by molar-refractivity contribution is 5.75. The number of amides is 2. The van der Waals surface area contributed by atoms with Gasteiger partial charge in [0.1, 0.15) is 0 Å². The third kappa shape index (κ3) is 4.98.